The third kappa shape index (κ3) is 4.30. The quantitative estimate of drug-likeness (QED) is 0.763. The zero-order valence-corrected chi connectivity index (χ0v) is 9.01. The molecule has 0 atom stereocenters. The van der Waals surface area contributed by atoms with Crippen LogP contribution in [0, 0.1) is 5.92 Å². The van der Waals surface area contributed by atoms with Gasteiger partial charge < -0.3 is 5.32 Å². The normalized spacial score (nSPS) is 10.8. The lowest BCUT2D eigenvalue weighted by atomic mass is 10.2. The minimum absolute atomic E-state index is 0.757. The van der Waals surface area contributed by atoms with Crippen LogP contribution in [0.15, 0.2) is 24.3 Å². The van der Waals surface area contributed by atoms with Gasteiger partial charge in [-0.1, -0.05) is 37.6 Å². The molecule has 0 saturated heterocycles. The zero-order chi connectivity index (χ0) is 9.68. The van der Waals surface area contributed by atoms with Gasteiger partial charge in [0.15, 0.2) is 0 Å². The predicted octanol–water partition coefficient (Wildman–Crippen LogP) is 2.06. The second-order valence-electron chi connectivity index (χ2n) is 3.75. The third-order valence-corrected chi connectivity index (χ3v) is 2.18. The van der Waals surface area contributed by atoms with E-state index in [1.807, 2.05) is 12.1 Å². The maximum atomic E-state index is 5.79. The molecule has 0 aliphatic rings. The molecule has 0 unspecified atom stereocenters. The molecule has 0 saturated carbocycles. The smallest absolute Gasteiger partial charge is 0.101 e. The van der Waals surface area contributed by atoms with Crippen molar-refractivity contribution in [2.24, 2.45) is 5.92 Å². The largest absolute Gasteiger partial charge is 0.342 e. The highest BCUT2D eigenvalue weighted by atomic mass is 35.5. The van der Waals surface area contributed by atoms with Crippen LogP contribution in [-0.4, -0.2) is 6.54 Å². The van der Waals surface area contributed by atoms with Gasteiger partial charge in [-0.05, 0) is 12.1 Å². The van der Waals surface area contributed by atoms with Crippen molar-refractivity contribution in [3.8, 4) is 0 Å². The second kappa shape index (κ2) is 5.25. The predicted molar refractivity (Wildman–Crippen MR) is 56.8 cm³/mol. The van der Waals surface area contributed by atoms with Crippen molar-refractivity contribution in [3.05, 3.63) is 34.9 Å². The van der Waals surface area contributed by atoms with Gasteiger partial charge in [0.1, 0.15) is 6.54 Å². The molecule has 0 fully saturated rings. The van der Waals surface area contributed by atoms with Crippen LogP contribution < -0.4 is 5.32 Å². The Labute approximate surface area is 85.1 Å². The fourth-order valence-electron chi connectivity index (χ4n) is 1.20. The van der Waals surface area contributed by atoms with Crippen molar-refractivity contribution in [2.45, 2.75) is 20.4 Å². The molecule has 0 bridgehead atoms. The molecule has 0 amide bonds. The third-order valence-electron chi connectivity index (χ3n) is 1.93. The van der Waals surface area contributed by atoms with Gasteiger partial charge in [-0.25, -0.2) is 0 Å². The maximum Gasteiger partial charge on any atom is 0.101 e. The molecule has 2 heteroatoms. The van der Waals surface area contributed by atoms with Crippen molar-refractivity contribution in [2.75, 3.05) is 6.54 Å². The van der Waals surface area contributed by atoms with E-state index in [2.05, 4.69) is 31.3 Å². The van der Waals surface area contributed by atoms with Crippen LogP contribution in [-0.2, 0) is 6.54 Å². The topological polar surface area (TPSA) is 16.6 Å². The molecule has 0 aliphatic heterocycles. The minimum Gasteiger partial charge on any atom is -0.342 e. The van der Waals surface area contributed by atoms with Crippen LogP contribution in [0.1, 0.15) is 19.4 Å². The average molecular weight is 199 g/mol. The standard InChI is InChI=1S/C11H16ClN/c1-9(2)7-13-8-10-3-5-11(12)6-4-10/h3-6,9,13H,7-8H2,1-2H3/p+1. The molecule has 13 heavy (non-hydrogen) atoms. The van der Waals surface area contributed by atoms with E-state index in [0.717, 1.165) is 17.5 Å². The minimum atomic E-state index is 0.757. The van der Waals surface area contributed by atoms with Crippen molar-refractivity contribution < 1.29 is 5.32 Å². The molecule has 0 radical (unpaired) electrons. The Balaban J connectivity index is 2.33. The summed E-state index contributed by atoms with van der Waals surface area (Å²) in [4.78, 5) is 0. The summed E-state index contributed by atoms with van der Waals surface area (Å²) in [6, 6.07) is 8.05. The fraction of sp³-hybridized carbons (Fsp3) is 0.455. The first kappa shape index (κ1) is 10.6. The summed E-state index contributed by atoms with van der Waals surface area (Å²) in [6.07, 6.45) is 0. The van der Waals surface area contributed by atoms with Gasteiger partial charge in [-0.3, -0.25) is 0 Å². The first-order valence-corrected chi connectivity index (χ1v) is 5.12. The fourth-order valence-corrected chi connectivity index (χ4v) is 1.33. The SMILES string of the molecule is CC(C)C[NH2+]Cc1ccc(Cl)cc1. The summed E-state index contributed by atoms with van der Waals surface area (Å²) in [5.74, 6) is 0.757. The van der Waals surface area contributed by atoms with E-state index in [4.69, 9.17) is 11.6 Å². The maximum absolute atomic E-state index is 5.79. The molecule has 0 heterocycles. The van der Waals surface area contributed by atoms with Crippen molar-refractivity contribution in [3.63, 3.8) is 0 Å². The summed E-state index contributed by atoms with van der Waals surface area (Å²) in [5.41, 5.74) is 1.34. The van der Waals surface area contributed by atoms with Gasteiger partial charge in [-0.15, -0.1) is 0 Å². The second-order valence-corrected chi connectivity index (χ2v) is 4.19. The van der Waals surface area contributed by atoms with E-state index >= 15 is 0 Å². The van der Waals surface area contributed by atoms with Crippen LogP contribution in [0.2, 0.25) is 5.02 Å². The van der Waals surface area contributed by atoms with E-state index in [0.29, 0.717) is 0 Å². The Morgan fingerprint density at radius 2 is 1.85 bits per heavy atom. The molecule has 0 spiro atoms. The summed E-state index contributed by atoms with van der Waals surface area (Å²) < 4.78 is 0. The molecule has 0 aromatic heterocycles. The highest BCUT2D eigenvalue weighted by Gasteiger charge is 1.97. The molecule has 72 valence electrons. The van der Waals surface area contributed by atoms with Gasteiger partial charge in [0.05, 0.1) is 6.54 Å². The number of halogens is 1. The van der Waals surface area contributed by atoms with Crippen molar-refractivity contribution in [1.29, 1.82) is 0 Å². The summed E-state index contributed by atoms with van der Waals surface area (Å²) in [6.45, 7) is 6.70. The number of hydrogen-bond acceptors (Lipinski definition) is 0. The molecule has 2 N–H and O–H groups in total. The van der Waals surface area contributed by atoms with Gasteiger partial charge in [-0.2, -0.15) is 0 Å². The van der Waals surface area contributed by atoms with Gasteiger partial charge in [0.2, 0.25) is 0 Å². The van der Waals surface area contributed by atoms with Gasteiger partial charge in [0.25, 0.3) is 0 Å². The monoisotopic (exact) mass is 198 g/mol. The molecule has 1 aromatic carbocycles. The molecule has 1 nitrogen and oxygen atoms in total. The van der Waals surface area contributed by atoms with Crippen LogP contribution >= 0.6 is 11.6 Å². The summed E-state index contributed by atoms with van der Waals surface area (Å²) >= 11 is 5.79. The number of benzene rings is 1. The lowest BCUT2D eigenvalue weighted by Gasteiger charge is -2.04. The van der Waals surface area contributed by atoms with E-state index in [9.17, 15) is 0 Å². The van der Waals surface area contributed by atoms with Crippen LogP contribution in [0.25, 0.3) is 0 Å². The Hall–Kier alpha value is -0.530. The lowest BCUT2D eigenvalue weighted by molar-refractivity contribution is -0.675. The summed E-state index contributed by atoms with van der Waals surface area (Å²) in [5, 5.41) is 3.14. The van der Waals surface area contributed by atoms with E-state index in [-0.39, 0.29) is 0 Å². The molecule has 1 rings (SSSR count). The van der Waals surface area contributed by atoms with Crippen LogP contribution in [0.3, 0.4) is 0 Å². The van der Waals surface area contributed by atoms with E-state index < -0.39 is 0 Å². The highest BCUT2D eigenvalue weighted by molar-refractivity contribution is 6.30. The highest BCUT2D eigenvalue weighted by Crippen LogP contribution is 2.08. The van der Waals surface area contributed by atoms with E-state index in [1.165, 1.54) is 12.1 Å². The van der Waals surface area contributed by atoms with Crippen LogP contribution in [0.5, 0.6) is 0 Å². The number of rotatable bonds is 4. The first-order valence-electron chi connectivity index (χ1n) is 4.74. The zero-order valence-electron chi connectivity index (χ0n) is 8.26. The van der Waals surface area contributed by atoms with E-state index in [1.54, 1.807) is 0 Å². The summed E-state index contributed by atoms with van der Waals surface area (Å²) in [7, 11) is 0. The van der Waals surface area contributed by atoms with Crippen molar-refractivity contribution >= 4 is 11.6 Å². The molecule has 0 aliphatic carbocycles. The molecule has 1 aromatic rings. The molecular weight excluding hydrogens is 182 g/mol. The Morgan fingerprint density at radius 1 is 1.23 bits per heavy atom. The number of nitrogens with two attached hydrogens (primary N) is 1. The van der Waals surface area contributed by atoms with Gasteiger partial charge >= 0.3 is 0 Å². The number of hydrogen-bond donors (Lipinski definition) is 1. The Morgan fingerprint density at radius 3 is 2.38 bits per heavy atom. The van der Waals surface area contributed by atoms with Crippen LogP contribution in [0.4, 0.5) is 0 Å². The Bertz CT molecular complexity index is 241. The average Bonchev–Trinajstić information content (AvgIpc) is 2.08. The lowest BCUT2D eigenvalue weighted by Crippen LogP contribution is -2.83. The van der Waals surface area contributed by atoms with Crippen molar-refractivity contribution in [1.82, 2.24) is 0 Å². The Kier molecular flexibility index (Phi) is 4.26. The first-order chi connectivity index (χ1) is 6.18. The van der Waals surface area contributed by atoms with Gasteiger partial charge in [0, 0.05) is 16.5 Å². The number of quaternary nitrogens is 1. The molecular formula is C11H17ClN+.